The molecule has 0 amide bonds. The Hall–Kier alpha value is -2.28. The topological polar surface area (TPSA) is 53.6 Å². The molecule has 0 aromatic carbocycles. The summed E-state index contributed by atoms with van der Waals surface area (Å²) in [6.45, 7) is 4.77. The van der Waals surface area contributed by atoms with Crippen molar-refractivity contribution in [3.05, 3.63) is 47.0 Å². The maximum absolute atomic E-state index is 8.98. The maximum atomic E-state index is 8.98. The zero-order chi connectivity index (χ0) is 13.1. The van der Waals surface area contributed by atoms with Crippen LogP contribution in [0.15, 0.2) is 24.5 Å². The van der Waals surface area contributed by atoms with Gasteiger partial charge in [-0.05, 0) is 37.1 Å². The van der Waals surface area contributed by atoms with E-state index in [-0.39, 0.29) is 0 Å². The van der Waals surface area contributed by atoms with Gasteiger partial charge in [-0.3, -0.25) is 4.98 Å². The first-order valence-electron chi connectivity index (χ1n) is 5.83. The van der Waals surface area contributed by atoms with Crippen LogP contribution in [-0.4, -0.2) is 9.55 Å². The van der Waals surface area contributed by atoms with Crippen molar-refractivity contribution in [3.63, 3.8) is 0 Å². The molecule has 18 heavy (non-hydrogen) atoms. The minimum Gasteiger partial charge on any atom is -0.379 e. The Morgan fingerprint density at radius 1 is 1.44 bits per heavy atom. The molecule has 4 nitrogen and oxygen atoms in total. The summed E-state index contributed by atoms with van der Waals surface area (Å²) < 4.78 is 1.91. The summed E-state index contributed by atoms with van der Waals surface area (Å²) in [5.41, 5.74) is 5.13. The predicted octanol–water partition coefficient (Wildman–Crippen LogP) is 2.52. The molecule has 2 aromatic rings. The summed E-state index contributed by atoms with van der Waals surface area (Å²) in [6.07, 6.45) is 3.60. The lowest BCUT2D eigenvalue weighted by atomic mass is 10.2. The van der Waals surface area contributed by atoms with Gasteiger partial charge in [0.1, 0.15) is 11.8 Å². The van der Waals surface area contributed by atoms with Crippen molar-refractivity contribution in [1.29, 1.82) is 5.26 Å². The van der Waals surface area contributed by atoms with Crippen LogP contribution in [0.2, 0.25) is 0 Å². The quantitative estimate of drug-likeness (QED) is 0.896. The minimum absolute atomic E-state index is 0.687. The fraction of sp³-hybridized carbons (Fsp3) is 0.286. The summed E-state index contributed by atoms with van der Waals surface area (Å²) in [5.74, 6) is 0. The number of hydrogen-bond acceptors (Lipinski definition) is 3. The molecule has 4 heteroatoms. The fourth-order valence-electron chi connectivity index (χ4n) is 1.89. The highest BCUT2D eigenvalue weighted by Gasteiger charge is 2.08. The highest BCUT2D eigenvalue weighted by molar-refractivity contribution is 5.49. The zero-order valence-electron chi connectivity index (χ0n) is 10.9. The summed E-state index contributed by atoms with van der Waals surface area (Å²) in [5, 5.41) is 12.3. The van der Waals surface area contributed by atoms with E-state index in [9.17, 15) is 0 Å². The van der Waals surface area contributed by atoms with Gasteiger partial charge in [0.15, 0.2) is 0 Å². The van der Waals surface area contributed by atoms with Gasteiger partial charge in [0, 0.05) is 25.5 Å². The average molecular weight is 240 g/mol. The number of hydrogen-bond donors (Lipinski definition) is 1. The maximum Gasteiger partial charge on any atom is 0.120 e. The molecule has 2 rings (SSSR count). The van der Waals surface area contributed by atoms with Crippen molar-refractivity contribution < 1.29 is 0 Å². The Morgan fingerprint density at radius 2 is 2.22 bits per heavy atom. The molecule has 0 saturated heterocycles. The first-order chi connectivity index (χ1) is 8.63. The molecular formula is C14H16N4. The third-order valence-electron chi connectivity index (χ3n) is 3.26. The summed E-state index contributed by atoms with van der Waals surface area (Å²) in [7, 11) is 1.91. The van der Waals surface area contributed by atoms with Crippen LogP contribution in [0, 0.1) is 25.2 Å². The van der Waals surface area contributed by atoms with Crippen molar-refractivity contribution >= 4 is 5.69 Å². The number of pyridine rings is 1. The first-order valence-corrected chi connectivity index (χ1v) is 5.83. The molecule has 2 heterocycles. The molecular weight excluding hydrogens is 224 g/mol. The van der Waals surface area contributed by atoms with Gasteiger partial charge in [0.25, 0.3) is 0 Å². The lowest BCUT2D eigenvalue weighted by Gasteiger charge is -2.08. The van der Waals surface area contributed by atoms with E-state index < -0.39 is 0 Å². The molecule has 0 fully saturated rings. The second kappa shape index (κ2) is 4.92. The number of nitriles is 1. The van der Waals surface area contributed by atoms with E-state index in [2.05, 4.69) is 16.4 Å². The van der Waals surface area contributed by atoms with Crippen LogP contribution >= 0.6 is 0 Å². The largest absolute Gasteiger partial charge is 0.379 e. The van der Waals surface area contributed by atoms with Crippen molar-refractivity contribution in [2.45, 2.75) is 20.4 Å². The number of nitrogens with one attached hydrogen (secondary N) is 1. The third kappa shape index (κ3) is 2.21. The number of aryl methyl sites for hydroxylation is 1. The molecule has 92 valence electrons. The number of aromatic nitrogens is 2. The van der Waals surface area contributed by atoms with Gasteiger partial charge in [-0.2, -0.15) is 5.26 Å². The van der Waals surface area contributed by atoms with Crippen LogP contribution in [0.3, 0.4) is 0 Å². The van der Waals surface area contributed by atoms with Gasteiger partial charge < -0.3 is 9.88 Å². The van der Waals surface area contributed by atoms with Gasteiger partial charge >= 0.3 is 0 Å². The molecule has 0 saturated carbocycles. The van der Waals surface area contributed by atoms with Gasteiger partial charge in [-0.1, -0.05) is 0 Å². The van der Waals surface area contributed by atoms with Crippen LogP contribution < -0.4 is 5.32 Å². The third-order valence-corrected chi connectivity index (χ3v) is 3.26. The van der Waals surface area contributed by atoms with Gasteiger partial charge in [-0.15, -0.1) is 0 Å². The Kier molecular flexibility index (Phi) is 3.33. The van der Waals surface area contributed by atoms with Crippen LogP contribution in [0.25, 0.3) is 0 Å². The molecule has 0 spiro atoms. The van der Waals surface area contributed by atoms with Crippen LogP contribution in [0.4, 0.5) is 5.69 Å². The van der Waals surface area contributed by atoms with E-state index in [1.807, 2.05) is 43.8 Å². The predicted molar refractivity (Wildman–Crippen MR) is 71.2 cm³/mol. The van der Waals surface area contributed by atoms with Crippen molar-refractivity contribution in [2.24, 2.45) is 7.05 Å². The van der Waals surface area contributed by atoms with Gasteiger partial charge in [-0.25, -0.2) is 0 Å². The van der Waals surface area contributed by atoms with E-state index in [0.717, 1.165) is 16.9 Å². The van der Waals surface area contributed by atoms with Crippen molar-refractivity contribution in [3.8, 4) is 6.07 Å². The molecule has 0 radical (unpaired) electrons. The van der Waals surface area contributed by atoms with E-state index >= 15 is 0 Å². The average Bonchev–Trinajstić information content (AvgIpc) is 2.65. The second-order valence-electron chi connectivity index (χ2n) is 4.36. The summed E-state index contributed by atoms with van der Waals surface area (Å²) in [4.78, 5) is 4.10. The molecule has 0 aliphatic carbocycles. The normalized spacial score (nSPS) is 10.1. The van der Waals surface area contributed by atoms with E-state index in [4.69, 9.17) is 5.26 Å². The van der Waals surface area contributed by atoms with Gasteiger partial charge in [0.05, 0.1) is 11.9 Å². The first kappa shape index (κ1) is 12.2. The Balaban J connectivity index is 2.17. The number of anilines is 1. The number of nitrogens with zero attached hydrogens (tertiary/aromatic N) is 3. The molecule has 2 aromatic heterocycles. The molecule has 0 bridgehead atoms. The highest BCUT2D eigenvalue weighted by atomic mass is 15.0. The van der Waals surface area contributed by atoms with Crippen LogP contribution in [0.1, 0.15) is 22.5 Å². The molecule has 0 unspecified atom stereocenters. The molecule has 0 atom stereocenters. The fourth-order valence-corrected chi connectivity index (χ4v) is 1.89. The van der Waals surface area contributed by atoms with E-state index in [1.165, 1.54) is 5.56 Å². The lowest BCUT2D eigenvalue weighted by molar-refractivity contribution is 0.856. The monoisotopic (exact) mass is 240 g/mol. The Bertz CT molecular complexity index is 605. The molecule has 1 N–H and O–H groups in total. The smallest absolute Gasteiger partial charge is 0.120 e. The summed E-state index contributed by atoms with van der Waals surface area (Å²) >= 11 is 0. The minimum atomic E-state index is 0.687. The Morgan fingerprint density at radius 3 is 2.83 bits per heavy atom. The van der Waals surface area contributed by atoms with E-state index in [0.29, 0.717) is 12.2 Å². The number of rotatable bonds is 3. The van der Waals surface area contributed by atoms with Crippen molar-refractivity contribution in [2.75, 3.05) is 5.32 Å². The van der Waals surface area contributed by atoms with Gasteiger partial charge in [0.2, 0.25) is 0 Å². The standard InChI is InChI=1S/C14H16N4/c1-10-4-5-16-9-14(10)17-8-12-6-13(7-15)18(3)11(12)2/h4-6,9,17H,8H2,1-3H3. The Labute approximate surface area is 107 Å². The highest BCUT2D eigenvalue weighted by Crippen LogP contribution is 2.17. The van der Waals surface area contributed by atoms with Crippen LogP contribution in [-0.2, 0) is 13.6 Å². The molecule has 0 aliphatic rings. The summed E-state index contributed by atoms with van der Waals surface area (Å²) in [6, 6.07) is 6.09. The van der Waals surface area contributed by atoms with Crippen LogP contribution in [0.5, 0.6) is 0 Å². The van der Waals surface area contributed by atoms with Crippen molar-refractivity contribution in [1.82, 2.24) is 9.55 Å². The SMILES string of the molecule is Cc1ccncc1NCc1cc(C#N)n(C)c1C. The second-order valence-corrected chi connectivity index (χ2v) is 4.36. The lowest BCUT2D eigenvalue weighted by Crippen LogP contribution is -2.03. The molecule has 0 aliphatic heterocycles. The zero-order valence-corrected chi connectivity index (χ0v) is 10.9. The van der Waals surface area contributed by atoms with E-state index in [1.54, 1.807) is 6.20 Å².